The summed E-state index contributed by atoms with van der Waals surface area (Å²) in [4.78, 5) is 2.23. The van der Waals surface area contributed by atoms with Crippen LogP contribution in [-0.2, 0) is 24.3 Å². The summed E-state index contributed by atoms with van der Waals surface area (Å²) >= 11 is -1.11. The molecule has 2 unspecified atom stereocenters. The highest BCUT2D eigenvalue weighted by Crippen LogP contribution is 2.20. The lowest BCUT2D eigenvalue weighted by atomic mass is 10.0. The number of likely N-dealkylation sites (N-methyl/N-ethyl adjacent to an activating group) is 1. The van der Waals surface area contributed by atoms with Gasteiger partial charge in [-0.3, -0.25) is 9.58 Å². The lowest BCUT2D eigenvalue weighted by Gasteiger charge is -2.28. The third-order valence-corrected chi connectivity index (χ3v) is 4.14. The Balaban J connectivity index is 1.95. The second-order valence-electron chi connectivity index (χ2n) is 4.62. The summed E-state index contributed by atoms with van der Waals surface area (Å²) in [7, 11) is 2.08. The van der Waals surface area contributed by atoms with Crippen LogP contribution >= 0.6 is 0 Å². The SMILES string of the molecule is CN1Cc2ccnn2CC2(CNS(=O)N2)C1. The van der Waals surface area contributed by atoms with Crippen molar-refractivity contribution in [3.63, 3.8) is 0 Å². The first-order chi connectivity index (χ1) is 7.67. The van der Waals surface area contributed by atoms with Crippen LogP contribution in [-0.4, -0.2) is 44.6 Å². The number of nitrogens with one attached hydrogen (secondary N) is 2. The molecule has 2 aliphatic heterocycles. The average molecular weight is 241 g/mol. The summed E-state index contributed by atoms with van der Waals surface area (Å²) in [5, 5.41) is 4.32. The maximum Gasteiger partial charge on any atom is 0.167 e. The van der Waals surface area contributed by atoms with Crippen LogP contribution in [0.15, 0.2) is 12.3 Å². The van der Waals surface area contributed by atoms with Crippen molar-refractivity contribution in [2.24, 2.45) is 0 Å². The molecule has 1 aromatic heterocycles. The van der Waals surface area contributed by atoms with Crippen molar-refractivity contribution in [3.05, 3.63) is 18.0 Å². The van der Waals surface area contributed by atoms with Crippen LogP contribution in [0.4, 0.5) is 0 Å². The van der Waals surface area contributed by atoms with Gasteiger partial charge in [0.2, 0.25) is 0 Å². The van der Waals surface area contributed by atoms with Crippen LogP contribution < -0.4 is 9.44 Å². The highest BCUT2D eigenvalue weighted by atomic mass is 32.2. The predicted octanol–water partition coefficient (Wildman–Crippen LogP) is -1.16. The van der Waals surface area contributed by atoms with Gasteiger partial charge in [-0.1, -0.05) is 0 Å². The highest BCUT2D eigenvalue weighted by molar-refractivity contribution is 7.81. The monoisotopic (exact) mass is 241 g/mol. The molecule has 6 nitrogen and oxygen atoms in total. The van der Waals surface area contributed by atoms with E-state index in [-0.39, 0.29) is 5.54 Å². The second kappa shape index (κ2) is 3.63. The Labute approximate surface area is 96.7 Å². The minimum Gasteiger partial charge on any atom is -0.299 e. The Morgan fingerprint density at radius 1 is 1.56 bits per heavy atom. The van der Waals surface area contributed by atoms with Crippen molar-refractivity contribution in [3.8, 4) is 0 Å². The quantitative estimate of drug-likeness (QED) is 0.602. The number of nitrogens with zero attached hydrogens (tertiary/aromatic N) is 3. The van der Waals surface area contributed by atoms with Gasteiger partial charge in [0.15, 0.2) is 11.2 Å². The molecule has 1 spiro atoms. The third-order valence-electron chi connectivity index (χ3n) is 3.11. The van der Waals surface area contributed by atoms with Gasteiger partial charge in [0.25, 0.3) is 0 Å². The standard InChI is InChI=1S/C9H15N5OS/c1-13-4-8-2-3-10-14(8)7-9(6-13)5-11-16(15)12-9/h2-3,11-12H,4-7H2,1H3. The minimum absolute atomic E-state index is 0.170. The van der Waals surface area contributed by atoms with Crippen LogP contribution in [0.3, 0.4) is 0 Å². The molecule has 2 N–H and O–H groups in total. The van der Waals surface area contributed by atoms with Crippen molar-refractivity contribution < 1.29 is 4.21 Å². The molecule has 0 amide bonds. The van der Waals surface area contributed by atoms with Crippen molar-refractivity contribution in [2.45, 2.75) is 18.6 Å². The molecule has 1 fully saturated rings. The number of rotatable bonds is 0. The average Bonchev–Trinajstić information content (AvgIpc) is 2.73. The van der Waals surface area contributed by atoms with Gasteiger partial charge in [0, 0.05) is 25.8 Å². The lowest BCUT2D eigenvalue weighted by molar-refractivity contribution is 0.237. The first-order valence-electron chi connectivity index (χ1n) is 5.29. The summed E-state index contributed by atoms with van der Waals surface area (Å²) in [6, 6.07) is 2.04. The first-order valence-corrected chi connectivity index (χ1v) is 6.44. The van der Waals surface area contributed by atoms with Gasteiger partial charge in [0.1, 0.15) is 0 Å². The summed E-state index contributed by atoms with van der Waals surface area (Å²) in [5.41, 5.74) is 1.04. The molecule has 16 heavy (non-hydrogen) atoms. The van der Waals surface area contributed by atoms with Crippen LogP contribution in [0, 0.1) is 0 Å². The molecule has 1 saturated heterocycles. The van der Waals surface area contributed by atoms with E-state index in [1.54, 1.807) is 0 Å². The number of hydrogen-bond acceptors (Lipinski definition) is 3. The fraction of sp³-hybridized carbons (Fsp3) is 0.667. The molecule has 2 atom stereocenters. The Morgan fingerprint density at radius 2 is 2.44 bits per heavy atom. The van der Waals surface area contributed by atoms with Gasteiger partial charge in [0.05, 0.1) is 17.8 Å². The van der Waals surface area contributed by atoms with Crippen molar-refractivity contribution >= 4 is 11.2 Å². The van der Waals surface area contributed by atoms with E-state index < -0.39 is 11.2 Å². The zero-order chi connectivity index (χ0) is 11.2. The topological polar surface area (TPSA) is 62.2 Å². The van der Waals surface area contributed by atoms with E-state index in [0.29, 0.717) is 6.54 Å². The van der Waals surface area contributed by atoms with E-state index in [2.05, 4.69) is 26.5 Å². The molecule has 3 rings (SSSR count). The maximum atomic E-state index is 11.4. The molecule has 0 saturated carbocycles. The number of hydrogen-bond donors (Lipinski definition) is 2. The van der Waals surface area contributed by atoms with Gasteiger partial charge in [-0.05, 0) is 13.1 Å². The molecule has 0 radical (unpaired) electrons. The maximum absolute atomic E-state index is 11.4. The van der Waals surface area contributed by atoms with E-state index in [1.807, 2.05) is 16.9 Å². The molecule has 2 aliphatic rings. The van der Waals surface area contributed by atoms with Crippen LogP contribution in [0.1, 0.15) is 5.69 Å². The Morgan fingerprint density at radius 3 is 3.19 bits per heavy atom. The molecule has 3 heterocycles. The van der Waals surface area contributed by atoms with Crippen molar-refractivity contribution in [2.75, 3.05) is 20.1 Å². The Hall–Kier alpha value is -0.760. The Kier molecular flexibility index (Phi) is 2.36. The number of fused-ring (bicyclic) bond motifs is 1. The smallest absolute Gasteiger partial charge is 0.167 e. The normalized spacial score (nSPS) is 35.2. The van der Waals surface area contributed by atoms with Gasteiger partial charge in [-0.25, -0.2) is 13.7 Å². The van der Waals surface area contributed by atoms with E-state index >= 15 is 0 Å². The van der Waals surface area contributed by atoms with Gasteiger partial charge in [-0.2, -0.15) is 5.10 Å². The second-order valence-corrected chi connectivity index (χ2v) is 5.65. The van der Waals surface area contributed by atoms with Gasteiger partial charge in [-0.15, -0.1) is 0 Å². The lowest BCUT2D eigenvalue weighted by Crippen LogP contribution is -2.52. The van der Waals surface area contributed by atoms with Crippen LogP contribution in [0.5, 0.6) is 0 Å². The van der Waals surface area contributed by atoms with Crippen molar-refractivity contribution in [1.29, 1.82) is 0 Å². The minimum atomic E-state index is -1.11. The molecule has 88 valence electrons. The van der Waals surface area contributed by atoms with Crippen LogP contribution in [0.25, 0.3) is 0 Å². The summed E-state index contributed by atoms with van der Waals surface area (Å²) in [6.45, 7) is 3.23. The highest BCUT2D eigenvalue weighted by Gasteiger charge is 2.41. The van der Waals surface area contributed by atoms with Gasteiger partial charge < -0.3 is 0 Å². The number of aromatic nitrogens is 2. The van der Waals surface area contributed by atoms with Crippen LogP contribution in [0.2, 0.25) is 0 Å². The summed E-state index contributed by atoms with van der Waals surface area (Å²) < 4.78 is 19.5. The molecule has 1 aromatic rings. The molecular formula is C9H15N5OS. The summed E-state index contributed by atoms with van der Waals surface area (Å²) in [6.07, 6.45) is 1.82. The largest absolute Gasteiger partial charge is 0.299 e. The molecule has 0 aromatic carbocycles. The molecule has 7 heteroatoms. The fourth-order valence-corrected chi connectivity index (χ4v) is 3.55. The zero-order valence-electron chi connectivity index (χ0n) is 9.14. The fourth-order valence-electron chi connectivity index (χ4n) is 2.47. The first kappa shape index (κ1) is 10.4. The van der Waals surface area contributed by atoms with Gasteiger partial charge >= 0.3 is 0 Å². The van der Waals surface area contributed by atoms with E-state index in [4.69, 9.17) is 0 Å². The molecular weight excluding hydrogens is 226 g/mol. The Bertz CT molecular complexity index is 433. The van der Waals surface area contributed by atoms with E-state index in [0.717, 1.165) is 19.6 Å². The third kappa shape index (κ3) is 1.69. The summed E-state index contributed by atoms with van der Waals surface area (Å²) in [5.74, 6) is 0. The molecule has 0 aliphatic carbocycles. The molecule has 0 bridgehead atoms. The zero-order valence-corrected chi connectivity index (χ0v) is 9.96. The van der Waals surface area contributed by atoms with Crippen molar-refractivity contribution in [1.82, 2.24) is 24.1 Å². The predicted molar refractivity (Wildman–Crippen MR) is 60.6 cm³/mol. The van der Waals surface area contributed by atoms with E-state index in [9.17, 15) is 4.21 Å². The van der Waals surface area contributed by atoms with E-state index in [1.165, 1.54) is 5.69 Å².